The van der Waals surface area contributed by atoms with Gasteiger partial charge in [0.15, 0.2) is 0 Å². The molecule has 0 fully saturated rings. The molecule has 0 spiro atoms. The number of unbranched alkanes of at least 4 members (excludes halogenated alkanes) is 4. The lowest BCUT2D eigenvalue weighted by molar-refractivity contribution is -0.138. The Morgan fingerprint density at radius 3 is 1.29 bits per heavy atom. The van der Waals surface area contributed by atoms with E-state index in [-0.39, 0.29) is 0 Å². The maximum absolute atomic E-state index is 12.7. The normalized spacial score (nSPS) is 12.6. The Morgan fingerprint density at radius 2 is 0.911 bits per heavy atom. The summed E-state index contributed by atoms with van der Waals surface area (Å²) in [6.45, 7) is 1.78. The van der Waals surface area contributed by atoms with E-state index in [0.29, 0.717) is 60.7 Å². The van der Waals surface area contributed by atoms with Crippen LogP contribution in [0.1, 0.15) is 77.5 Å². The summed E-state index contributed by atoms with van der Waals surface area (Å²) < 4.78 is 98.0. The molecule has 240 valence electrons. The average Bonchev–Trinajstić information content (AvgIpc) is 3.67. The van der Waals surface area contributed by atoms with Crippen LogP contribution in [0, 0.1) is 0 Å². The Hall–Kier alpha value is -4.16. The lowest BCUT2D eigenvalue weighted by Crippen LogP contribution is -2.03. The number of rotatable bonds is 16. The Morgan fingerprint density at radius 1 is 0.533 bits per heavy atom. The number of ether oxygens (including phenoxy) is 2. The molecule has 45 heavy (non-hydrogen) atoms. The molecule has 0 saturated heterocycles. The summed E-state index contributed by atoms with van der Waals surface area (Å²) in [5.41, 5.74) is 1.07. The first kappa shape index (κ1) is 33.7. The van der Waals surface area contributed by atoms with E-state index in [1.807, 2.05) is 0 Å². The van der Waals surface area contributed by atoms with E-state index >= 15 is 0 Å². The van der Waals surface area contributed by atoms with E-state index < -0.39 is 23.5 Å². The lowest BCUT2D eigenvalue weighted by atomic mass is 10.1. The molecule has 0 aliphatic carbocycles. The van der Waals surface area contributed by atoms with Gasteiger partial charge < -0.3 is 18.3 Å². The van der Waals surface area contributed by atoms with Gasteiger partial charge in [0, 0.05) is 25.4 Å². The van der Waals surface area contributed by atoms with Crippen molar-refractivity contribution in [2.24, 2.45) is 0 Å². The van der Waals surface area contributed by atoms with Gasteiger partial charge in [0.05, 0.1) is 24.3 Å². The Bertz CT molecular complexity index is 1390. The van der Waals surface area contributed by atoms with E-state index in [1.54, 1.807) is 24.3 Å². The van der Waals surface area contributed by atoms with Crippen LogP contribution < -0.4 is 0 Å². The van der Waals surface area contributed by atoms with Crippen LogP contribution >= 0.6 is 0 Å². The van der Waals surface area contributed by atoms with Crippen molar-refractivity contribution in [3.8, 4) is 0 Å². The number of hydrogen-bond acceptors (Lipinski definition) is 6. The largest absolute Gasteiger partial charge is 0.445 e. The summed E-state index contributed by atoms with van der Waals surface area (Å²) in [5, 5.41) is 0. The maximum Gasteiger partial charge on any atom is 0.416 e. The van der Waals surface area contributed by atoms with E-state index in [1.165, 1.54) is 36.8 Å². The molecular formula is C33H32F6N2O4. The number of aromatic nitrogens is 2. The summed E-state index contributed by atoms with van der Waals surface area (Å²) in [6.07, 6.45) is 5.56. The van der Waals surface area contributed by atoms with Crippen LogP contribution in [-0.4, -0.2) is 23.2 Å². The molecule has 0 radical (unpaired) electrons. The van der Waals surface area contributed by atoms with Crippen molar-refractivity contribution < 1.29 is 44.7 Å². The van der Waals surface area contributed by atoms with Gasteiger partial charge in [-0.1, -0.05) is 43.5 Å². The highest BCUT2D eigenvalue weighted by Gasteiger charge is 2.30. The Kier molecular flexibility index (Phi) is 12.2. The molecule has 2 heterocycles. The summed E-state index contributed by atoms with van der Waals surface area (Å²) in [5.74, 6) is 0.682. The molecule has 2 aromatic heterocycles. The van der Waals surface area contributed by atoms with Gasteiger partial charge >= 0.3 is 12.4 Å². The maximum atomic E-state index is 12.7. The zero-order valence-corrected chi connectivity index (χ0v) is 24.2. The molecule has 0 aliphatic heterocycles. The fraction of sp³-hybridized carbons (Fsp3) is 0.333. The lowest BCUT2D eigenvalue weighted by Gasteiger charge is -2.05. The first-order chi connectivity index (χ1) is 21.6. The fourth-order valence-corrected chi connectivity index (χ4v) is 4.12. The highest BCUT2D eigenvalue weighted by molar-refractivity contribution is 5.66. The number of nitrogens with zero attached hydrogens (tertiary/aromatic N) is 2. The van der Waals surface area contributed by atoms with Gasteiger partial charge in [-0.05, 0) is 60.4 Å². The van der Waals surface area contributed by atoms with Gasteiger partial charge in [0.25, 0.3) is 0 Å². The standard InChI is InChI=1S/C33H32F6N2O4/c34-32(35,36)26-12-6-24(7-13-26)10-16-30-40-28(22-44-30)20-42-18-4-2-1-3-5-19-43-21-29-23-45-31(41-29)17-11-25-8-14-27(15-9-25)33(37,38)39/h6-17,22-23H,1-5,18-21H2/b16-10+,17-11+. The monoisotopic (exact) mass is 634 g/mol. The molecule has 0 atom stereocenters. The smallest absolute Gasteiger partial charge is 0.416 e. The minimum Gasteiger partial charge on any atom is -0.445 e. The van der Waals surface area contributed by atoms with Crippen molar-refractivity contribution in [2.45, 2.75) is 57.7 Å². The van der Waals surface area contributed by atoms with Crippen LogP contribution in [0.5, 0.6) is 0 Å². The molecule has 0 N–H and O–H groups in total. The molecule has 12 heteroatoms. The number of hydrogen-bond donors (Lipinski definition) is 0. The van der Waals surface area contributed by atoms with E-state index in [4.69, 9.17) is 18.3 Å². The third-order valence-electron chi connectivity index (χ3n) is 6.53. The van der Waals surface area contributed by atoms with Crippen LogP contribution in [0.3, 0.4) is 0 Å². The van der Waals surface area contributed by atoms with Crippen LogP contribution in [0.4, 0.5) is 26.3 Å². The van der Waals surface area contributed by atoms with E-state index in [0.717, 1.165) is 56.4 Å². The third-order valence-corrected chi connectivity index (χ3v) is 6.53. The molecule has 0 saturated carbocycles. The van der Waals surface area contributed by atoms with Crippen molar-refractivity contribution in [2.75, 3.05) is 13.2 Å². The van der Waals surface area contributed by atoms with Crippen LogP contribution in [-0.2, 0) is 35.0 Å². The molecule has 6 nitrogen and oxygen atoms in total. The molecule has 0 unspecified atom stereocenters. The second-order valence-electron chi connectivity index (χ2n) is 10.1. The highest BCUT2D eigenvalue weighted by Crippen LogP contribution is 2.30. The van der Waals surface area contributed by atoms with Crippen molar-refractivity contribution in [1.29, 1.82) is 0 Å². The molecular weight excluding hydrogens is 602 g/mol. The van der Waals surface area contributed by atoms with Gasteiger partial charge in [0.2, 0.25) is 11.8 Å². The zero-order chi connectivity index (χ0) is 32.1. The van der Waals surface area contributed by atoms with Gasteiger partial charge in [-0.2, -0.15) is 26.3 Å². The summed E-state index contributed by atoms with van der Waals surface area (Å²) in [7, 11) is 0. The number of oxazole rings is 2. The topological polar surface area (TPSA) is 70.5 Å². The SMILES string of the molecule is FC(F)(F)c1ccc(/C=C/c2nc(COCCCCCCCOCc3coc(/C=C/c4ccc(C(F)(F)F)cc4)n3)co2)cc1. The molecule has 0 aliphatic rings. The second-order valence-corrected chi connectivity index (χ2v) is 10.1. The van der Waals surface area contributed by atoms with Gasteiger partial charge in [-0.3, -0.25) is 0 Å². The van der Waals surface area contributed by atoms with Crippen molar-refractivity contribution >= 4 is 24.3 Å². The third kappa shape index (κ3) is 11.7. The first-order valence-electron chi connectivity index (χ1n) is 14.3. The minimum absolute atomic E-state index is 0.306. The number of benzene rings is 2. The molecule has 0 amide bonds. The van der Waals surface area contributed by atoms with Crippen LogP contribution in [0.25, 0.3) is 24.3 Å². The molecule has 4 rings (SSSR count). The van der Waals surface area contributed by atoms with E-state index in [2.05, 4.69) is 9.97 Å². The summed E-state index contributed by atoms with van der Waals surface area (Å²) in [6, 6.07) is 9.64. The molecule has 0 bridgehead atoms. The van der Waals surface area contributed by atoms with Gasteiger partial charge in [-0.25, -0.2) is 9.97 Å². The molecule has 4 aromatic rings. The zero-order valence-electron chi connectivity index (χ0n) is 24.2. The van der Waals surface area contributed by atoms with Crippen molar-refractivity contribution in [3.63, 3.8) is 0 Å². The predicted molar refractivity (Wildman–Crippen MR) is 156 cm³/mol. The fourth-order valence-electron chi connectivity index (χ4n) is 4.12. The number of alkyl halides is 6. The van der Waals surface area contributed by atoms with Gasteiger partial charge in [-0.15, -0.1) is 0 Å². The van der Waals surface area contributed by atoms with Crippen LogP contribution in [0.15, 0.2) is 69.9 Å². The van der Waals surface area contributed by atoms with Crippen molar-refractivity contribution in [1.82, 2.24) is 9.97 Å². The Balaban J connectivity index is 1.01. The first-order valence-corrected chi connectivity index (χ1v) is 14.3. The Labute approximate surface area is 256 Å². The summed E-state index contributed by atoms with van der Waals surface area (Å²) >= 11 is 0. The summed E-state index contributed by atoms with van der Waals surface area (Å²) in [4.78, 5) is 8.59. The van der Waals surface area contributed by atoms with Crippen LogP contribution in [0.2, 0.25) is 0 Å². The molecule has 2 aromatic carbocycles. The van der Waals surface area contributed by atoms with Gasteiger partial charge in [0.1, 0.15) is 23.9 Å². The quantitative estimate of drug-likeness (QED) is 0.0903. The number of halogens is 6. The minimum atomic E-state index is -4.37. The van der Waals surface area contributed by atoms with Crippen molar-refractivity contribution in [3.05, 3.63) is 106 Å². The average molecular weight is 635 g/mol. The predicted octanol–water partition coefficient (Wildman–Crippen LogP) is 9.72. The second kappa shape index (κ2) is 16.2. The van der Waals surface area contributed by atoms with E-state index in [9.17, 15) is 26.3 Å². The highest BCUT2D eigenvalue weighted by atomic mass is 19.4.